The lowest BCUT2D eigenvalue weighted by molar-refractivity contribution is -0.138. The molecule has 1 aliphatic heterocycles. The number of nitrogens with zero attached hydrogens (tertiary/aromatic N) is 3. The maximum atomic E-state index is 11.0. The molecule has 1 aliphatic rings. The Morgan fingerprint density at radius 3 is 3.25 bits per heavy atom. The van der Waals surface area contributed by atoms with E-state index < -0.39 is 12.0 Å². The number of cyclic esters (lactones) is 1. The number of hydrogen-bond donors (Lipinski definition) is 0. The van der Waals surface area contributed by atoms with Gasteiger partial charge in [-0.15, -0.1) is 0 Å². The summed E-state index contributed by atoms with van der Waals surface area (Å²) in [7, 11) is 0. The van der Waals surface area contributed by atoms with Crippen molar-refractivity contribution in [2.45, 2.75) is 6.04 Å². The Morgan fingerprint density at radius 2 is 2.67 bits per heavy atom. The van der Waals surface area contributed by atoms with Gasteiger partial charge < -0.3 is 4.74 Å². The number of thioether (sulfide) groups is 1. The van der Waals surface area contributed by atoms with Gasteiger partial charge in [0.25, 0.3) is 0 Å². The molecule has 0 unspecified atom stereocenters. The Kier molecular flexibility index (Phi) is 3.25. The molecule has 0 saturated carbocycles. The first-order valence-corrected chi connectivity index (χ1v) is 4.88. The standard InChI is InChI=1S/C6H9N3O2S/c1-12-3-4-2-11-6(10)5(4)8-9-7/h4-5H,2-3H2,1H3/t4-,5+/m0/s1. The molecule has 1 rings (SSSR count). The molecule has 1 heterocycles. The van der Waals surface area contributed by atoms with Crippen LogP contribution in [0.2, 0.25) is 0 Å². The van der Waals surface area contributed by atoms with Crippen molar-refractivity contribution in [1.82, 2.24) is 0 Å². The van der Waals surface area contributed by atoms with Crippen LogP contribution in [0, 0.1) is 5.92 Å². The zero-order valence-corrected chi connectivity index (χ0v) is 7.45. The van der Waals surface area contributed by atoms with Gasteiger partial charge in [0, 0.05) is 16.6 Å². The fraction of sp³-hybridized carbons (Fsp3) is 0.833. The number of hydrogen-bond acceptors (Lipinski definition) is 4. The van der Waals surface area contributed by atoms with Crippen molar-refractivity contribution in [3.63, 3.8) is 0 Å². The molecule has 12 heavy (non-hydrogen) atoms. The average Bonchev–Trinajstić information content (AvgIpc) is 2.37. The van der Waals surface area contributed by atoms with Crippen LogP contribution in [0.1, 0.15) is 0 Å². The van der Waals surface area contributed by atoms with E-state index in [4.69, 9.17) is 10.3 Å². The minimum absolute atomic E-state index is 0.0448. The van der Waals surface area contributed by atoms with Crippen molar-refractivity contribution in [2.75, 3.05) is 18.6 Å². The summed E-state index contributed by atoms with van der Waals surface area (Å²) in [5.74, 6) is 0.436. The van der Waals surface area contributed by atoms with Gasteiger partial charge in [0.2, 0.25) is 0 Å². The van der Waals surface area contributed by atoms with Crippen molar-refractivity contribution in [2.24, 2.45) is 11.0 Å². The van der Waals surface area contributed by atoms with Crippen molar-refractivity contribution in [1.29, 1.82) is 0 Å². The first kappa shape index (κ1) is 9.22. The van der Waals surface area contributed by atoms with E-state index in [9.17, 15) is 4.79 Å². The fourth-order valence-electron chi connectivity index (χ4n) is 1.11. The van der Waals surface area contributed by atoms with Gasteiger partial charge in [-0.1, -0.05) is 5.11 Å². The van der Waals surface area contributed by atoms with Crippen LogP contribution < -0.4 is 0 Å². The molecule has 0 bridgehead atoms. The normalized spacial score (nSPS) is 27.9. The summed E-state index contributed by atoms with van der Waals surface area (Å²) in [5, 5.41) is 3.40. The molecule has 5 nitrogen and oxygen atoms in total. The summed E-state index contributed by atoms with van der Waals surface area (Å²) in [5.41, 5.74) is 8.17. The third-order valence-corrected chi connectivity index (χ3v) is 2.45. The highest BCUT2D eigenvalue weighted by Crippen LogP contribution is 2.21. The van der Waals surface area contributed by atoms with Gasteiger partial charge in [-0.05, 0) is 11.8 Å². The van der Waals surface area contributed by atoms with E-state index in [1.165, 1.54) is 0 Å². The molecule has 0 aromatic rings. The molecule has 1 saturated heterocycles. The van der Waals surface area contributed by atoms with Crippen LogP contribution in [0.15, 0.2) is 5.11 Å². The Morgan fingerprint density at radius 1 is 1.92 bits per heavy atom. The maximum Gasteiger partial charge on any atom is 0.315 e. The molecule has 66 valence electrons. The molecule has 2 atom stereocenters. The summed E-state index contributed by atoms with van der Waals surface area (Å²) in [6.45, 7) is 0.378. The van der Waals surface area contributed by atoms with E-state index in [2.05, 4.69) is 10.0 Å². The molecular formula is C6H9N3O2S. The Hall–Kier alpha value is -0.870. The zero-order valence-electron chi connectivity index (χ0n) is 6.64. The van der Waals surface area contributed by atoms with Gasteiger partial charge in [0.05, 0.1) is 6.61 Å². The summed E-state index contributed by atoms with van der Waals surface area (Å²) in [4.78, 5) is 13.6. The van der Waals surface area contributed by atoms with Gasteiger partial charge in [0.1, 0.15) is 6.04 Å². The van der Waals surface area contributed by atoms with Crippen molar-refractivity contribution < 1.29 is 9.53 Å². The lowest BCUT2D eigenvalue weighted by Gasteiger charge is -2.06. The Balaban J connectivity index is 2.63. The van der Waals surface area contributed by atoms with Gasteiger partial charge >= 0.3 is 5.97 Å². The van der Waals surface area contributed by atoms with Crippen LogP contribution in [-0.2, 0) is 9.53 Å². The van der Waals surface area contributed by atoms with Crippen molar-refractivity contribution in [3.8, 4) is 0 Å². The minimum atomic E-state index is -0.609. The molecule has 1 fully saturated rings. The van der Waals surface area contributed by atoms with Gasteiger partial charge in [0.15, 0.2) is 0 Å². The smallest absolute Gasteiger partial charge is 0.315 e. The summed E-state index contributed by atoms with van der Waals surface area (Å²) in [6.07, 6.45) is 1.94. The second kappa shape index (κ2) is 4.23. The second-order valence-corrected chi connectivity index (χ2v) is 3.41. The monoisotopic (exact) mass is 187 g/mol. The predicted molar refractivity (Wildman–Crippen MR) is 45.8 cm³/mol. The Labute approximate surface area is 74.1 Å². The quantitative estimate of drug-likeness (QED) is 0.288. The second-order valence-electron chi connectivity index (χ2n) is 2.50. The highest BCUT2D eigenvalue weighted by Gasteiger charge is 2.35. The number of rotatable bonds is 3. The molecule has 0 radical (unpaired) electrons. The van der Waals surface area contributed by atoms with Crippen LogP contribution in [0.25, 0.3) is 10.4 Å². The fourth-order valence-corrected chi connectivity index (χ4v) is 1.82. The molecule has 0 aliphatic carbocycles. The summed E-state index contributed by atoms with van der Waals surface area (Å²) >= 11 is 1.62. The first-order valence-electron chi connectivity index (χ1n) is 3.49. The Bertz CT molecular complexity index is 227. The number of esters is 1. The third-order valence-electron chi connectivity index (χ3n) is 1.68. The van der Waals surface area contributed by atoms with Gasteiger partial charge in [-0.2, -0.15) is 11.8 Å². The van der Waals surface area contributed by atoms with Crippen LogP contribution >= 0.6 is 11.8 Å². The van der Waals surface area contributed by atoms with Crippen LogP contribution in [0.4, 0.5) is 0 Å². The van der Waals surface area contributed by atoms with Gasteiger partial charge in [-0.3, -0.25) is 4.79 Å². The van der Waals surface area contributed by atoms with Crippen molar-refractivity contribution in [3.05, 3.63) is 10.4 Å². The van der Waals surface area contributed by atoms with E-state index in [0.717, 1.165) is 5.75 Å². The van der Waals surface area contributed by atoms with E-state index in [0.29, 0.717) is 6.61 Å². The van der Waals surface area contributed by atoms with Gasteiger partial charge in [-0.25, -0.2) is 0 Å². The number of ether oxygens (including phenoxy) is 1. The minimum Gasteiger partial charge on any atom is -0.465 e. The molecule has 0 aromatic heterocycles. The van der Waals surface area contributed by atoms with E-state index >= 15 is 0 Å². The predicted octanol–water partition coefficient (Wildman–Crippen LogP) is 1.20. The average molecular weight is 187 g/mol. The lowest BCUT2D eigenvalue weighted by Crippen LogP contribution is -2.21. The summed E-state index contributed by atoms with van der Waals surface area (Å²) in [6, 6.07) is -0.609. The highest BCUT2D eigenvalue weighted by atomic mass is 32.2. The molecule has 0 N–H and O–H groups in total. The number of carbonyl (C=O) groups excluding carboxylic acids is 1. The highest BCUT2D eigenvalue weighted by molar-refractivity contribution is 7.98. The molecular weight excluding hydrogens is 178 g/mol. The van der Waals surface area contributed by atoms with Crippen LogP contribution in [0.5, 0.6) is 0 Å². The molecule has 0 amide bonds. The van der Waals surface area contributed by atoms with E-state index in [-0.39, 0.29) is 5.92 Å². The zero-order chi connectivity index (χ0) is 8.97. The third kappa shape index (κ3) is 1.84. The van der Waals surface area contributed by atoms with Crippen LogP contribution in [-0.4, -0.2) is 30.6 Å². The summed E-state index contributed by atoms with van der Waals surface area (Å²) < 4.78 is 4.77. The molecule has 0 aromatic carbocycles. The largest absolute Gasteiger partial charge is 0.465 e. The SMILES string of the molecule is CSC[C@@H]1COC(=O)[C@@H]1N=[N+]=[N-]. The lowest BCUT2D eigenvalue weighted by atomic mass is 10.1. The van der Waals surface area contributed by atoms with Crippen molar-refractivity contribution >= 4 is 17.7 Å². The van der Waals surface area contributed by atoms with E-state index in [1.54, 1.807) is 11.8 Å². The maximum absolute atomic E-state index is 11.0. The molecule has 0 spiro atoms. The van der Waals surface area contributed by atoms with E-state index in [1.807, 2.05) is 6.26 Å². The number of azide groups is 1. The first-order chi connectivity index (χ1) is 5.79. The topological polar surface area (TPSA) is 75.1 Å². The van der Waals surface area contributed by atoms with Crippen LogP contribution in [0.3, 0.4) is 0 Å². The molecule has 6 heteroatoms. The number of carbonyl (C=O) groups is 1.